The van der Waals surface area contributed by atoms with Crippen LogP contribution in [0.2, 0.25) is 0 Å². The summed E-state index contributed by atoms with van der Waals surface area (Å²) in [6.07, 6.45) is 1.31. The molecule has 0 atom stereocenters. The normalized spacial score (nSPS) is 12.0. The van der Waals surface area contributed by atoms with Crippen molar-refractivity contribution in [3.63, 3.8) is 0 Å². The SMILES string of the molecule is CCCCC(F)(F)COC. The van der Waals surface area contributed by atoms with Crippen LogP contribution in [0.15, 0.2) is 0 Å². The largest absolute Gasteiger partial charge is 0.378 e. The molecule has 0 rings (SSSR count). The van der Waals surface area contributed by atoms with E-state index in [1.54, 1.807) is 0 Å². The van der Waals surface area contributed by atoms with E-state index in [0.717, 1.165) is 6.42 Å². The smallest absolute Gasteiger partial charge is 0.270 e. The maximum absolute atomic E-state index is 12.5. The zero-order chi connectivity index (χ0) is 8.04. The van der Waals surface area contributed by atoms with Gasteiger partial charge in [-0.25, -0.2) is 8.78 Å². The molecule has 0 aromatic heterocycles. The molecular formula is C7H14F2O. The minimum absolute atomic E-state index is 0.0582. The van der Waals surface area contributed by atoms with Gasteiger partial charge in [-0.15, -0.1) is 0 Å². The van der Waals surface area contributed by atoms with Crippen LogP contribution in [0.5, 0.6) is 0 Å². The minimum Gasteiger partial charge on any atom is -0.378 e. The lowest BCUT2D eigenvalue weighted by Gasteiger charge is -2.13. The average molecular weight is 152 g/mol. The Morgan fingerprint density at radius 1 is 1.40 bits per heavy atom. The van der Waals surface area contributed by atoms with E-state index in [1.807, 2.05) is 6.92 Å². The molecule has 0 bridgehead atoms. The first-order chi connectivity index (χ1) is 4.62. The lowest BCUT2D eigenvalue weighted by molar-refractivity contribution is -0.0709. The number of ether oxygens (including phenoxy) is 1. The zero-order valence-electron chi connectivity index (χ0n) is 6.49. The highest BCUT2D eigenvalue weighted by molar-refractivity contribution is 4.63. The Morgan fingerprint density at radius 3 is 2.40 bits per heavy atom. The van der Waals surface area contributed by atoms with Crippen LogP contribution in [-0.2, 0) is 4.74 Å². The van der Waals surface area contributed by atoms with E-state index >= 15 is 0 Å². The second-order valence-electron chi connectivity index (χ2n) is 2.39. The topological polar surface area (TPSA) is 9.23 Å². The summed E-state index contributed by atoms with van der Waals surface area (Å²) < 4.78 is 29.3. The summed E-state index contributed by atoms with van der Waals surface area (Å²) in [6.45, 7) is 1.44. The summed E-state index contributed by atoms with van der Waals surface area (Å²) in [4.78, 5) is 0. The number of methoxy groups -OCH3 is 1. The van der Waals surface area contributed by atoms with Gasteiger partial charge in [-0.2, -0.15) is 0 Å². The first-order valence-electron chi connectivity index (χ1n) is 3.49. The predicted molar refractivity (Wildman–Crippen MR) is 36.3 cm³/mol. The number of unbranched alkanes of at least 4 members (excludes halogenated alkanes) is 1. The van der Waals surface area contributed by atoms with Crippen molar-refractivity contribution in [1.82, 2.24) is 0 Å². The van der Waals surface area contributed by atoms with Crippen LogP contribution in [-0.4, -0.2) is 19.6 Å². The molecule has 0 radical (unpaired) electrons. The summed E-state index contributed by atoms with van der Waals surface area (Å²) >= 11 is 0. The molecule has 0 saturated carbocycles. The van der Waals surface area contributed by atoms with E-state index in [1.165, 1.54) is 7.11 Å². The predicted octanol–water partition coefficient (Wildman–Crippen LogP) is 2.46. The van der Waals surface area contributed by atoms with Gasteiger partial charge in [0.05, 0.1) is 0 Å². The van der Waals surface area contributed by atoms with Crippen LogP contribution in [0, 0.1) is 0 Å². The molecule has 0 fully saturated rings. The Labute approximate surface area is 60.4 Å². The highest BCUT2D eigenvalue weighted by Crippen LogP contribution is 2.20. The van der Waals surface area contributed by atoms with E-state index in [9.17, 15) is 8.78 Å². The molecular weight excluding hydrogens is 138 g/mol. The zero-order valence-corrected chi connectivity index (χ0v) is 6.49. The van der Waals surface area contributed by atoms with E-state index in [4.69, 9.17) is 0 Å². The lowest BCUT2D eigenvalue weighted by Crippen LogP contribution is -2.22. The molecule has 0 saturated heterocycles. The van der Waals surface area contributed by atoms with Crippen molar-refractivity contribution < 1.29 is 13.5 Å². The van der Waals surface area contributed by atoms with Crippen LogP contribution in [0.4, 0.5) is 8.78 Å². The Bertz CT molecular complexity index is 83.7. The molecule has 0 N–H and O–H groups in total. The fourth-order valence-corrected chi connectivity index (χ4v) is 0.719. The fourth-order valence-electron chi connectivity index (χ4n) is 0.719. The summed E-state index contributed by atoms with van der Waals surface area (Å²) in [5, 5.41) is 0. The average Bonchev–Trinajstić information content (AvgIpc) is 1.84. The lowest BCUT2D eigenvalue weighted by atomic mass is 10.1. The second-order valence-corrected chi connectivity index (χ2v) is 2.39. The number of alkyl halides is 2. The van der Waals surface area contributed by atoms with Gasteiger partial charge in [0.25, 0.3) is 5.92 Å². The third kappa shape index (κ3) is 4.68. The van der Waals surface area contributed by atoms with Crippen molar-refractivity contribution in [1.29, 1.82) is 0 Å². The first-order valence-corrected chi connectivity index (χ1v) is 3.49. The summed E-state index contributed by atoms with van der Waals surface area (Å²) in [5.74, 6) is -2.62. The van der Waals surface area contributed by atoms with Crippen molar-refractivity contribution in [2.45, 2.75) is 32.1 Å². The molecule has 10 heavy (non-hydrogen) atoms. The molecule has 1 nitrogen and oxygen atoms in total. The summed E-state index contributed by atoms with van der Waals surface area (Å²) in [7, 11) is 1.29. The highest BCUT2D eigenvalue weighted by atomic mass is 19.3. The van der Waals surface area contributed by atoms with Gasteiger partial charge in [-0.1, -0.05) is 13.3 Å². The van der Waals surface area contributed by atoms with Crippen LogP contribution in [0.3, 0.4) is 0 Å². The molecule has 0 spiro atoms. The second kappa shape index (κ2) is 4.61. The molecule has 0 amide bonds. The Kier molecular flexibility index (Phi) is 4.52. The summed E-state index contributed by atoms with van der Waals surface area (Å²) in [5.41, 5.74) is 0. The Balaban J connectivity index is 3.42. The maximum Gasteiger partial charge on any atom is 0.270 e. The monoisotopic (exact) mass is 152 g/mol. The van der Waals surface area contributed by atoms with Gasteiger partial charge in [-0.05, 0) is 6.42 Å². The van der Waals surface area contributed by atoms with Gasteiger partial charge < -0.3 is 4.74 Å². The van der Waals surface area contributed by atoms with E-state index in [-0.39, 0.29) is 6.42 Å². The van der Waals surface area contributed by atoms with Gasteiger partial charge in [0.15, 0.2) is 0 Å². The molecule has 0 aromatic carbocycles. The van der Waals surface area contributed by atoms with Crippen LogP contribution < -0.4 is 0 Å². The number of halogens is 2. The van der Waals surface area contributed by atoms with Gasteiger partial charge in [0.2, 0.25) is 0 Å². The van der Waals surface area contributed by atoms with Crippen molar-refractivity contribution in [3.8, 4) is 0 Å². The quantitative estimate of drug-likeness (QED) is 0.588. The molecule has 0 unspecified atom stereocenters. The van der Waals surface area contributed by atoms with E-state index in [0.29, 0.717) is 6.42 Å². The molecule has 0 heterocycles. The third-order valence-corrected chi connectivity index (χ3v) is 1.25. The van der Waals surface area contributed by atoms with Gasteiger partial charge in [0.1, 0.15) is 6.61 Å². The Hall–Kier alpha value is -0.180. The minimum atomic E-state index is -2.62. The van der Waals surface area contributed by atoms with Crippen LogP contribution in [0.1, 0.15) is 26.2 Å². The van der Waals surface area contributed by atoms with Crippen molar-refractivity contribution in [3.05, 3.63) is 0 Å². The number of rotatable bonds is 5. The van der Waals surface area contributed by atoms with E-state index in [2.05, 4.69) is 4.74 Å². The summed E-state index contributed by atoms with van der Waals surface area (Å²) in [6, 6.07) is 0. The molecule has 0 aliphatic rings. The number of hydrogen-bond acceptors (Lipinski definition) is 1. The molecule has 3 heteroatoms. The van der Waals surface area contributed by atoms with Gasteiger partial charge in [-0.3, -0.25) is 0 Å². The van der Waals surface area contributed by atoms with Crippen molar-refractivity contribution in [2.75, 3.05) is 13.7 Å². The first kappa shape index (κ1) is 9.82. The van der Waals surface area contributed by atoms with Crippen molar-refractivity contribution in [2.24, 2.45) is 0 Å². The fraction of sp³-hybridized carbons (Fsp3) is 1.00. The highest BCUT2D eigenvalue weighted by Gasteiger charge is 2.27. The van der Waals surface area contributed by atoms with Crippen LogP contribution >= 0.6 is 0 Å². The van der Waals surface area contributed by atoms with Crippen LogP contribution in [0.25, 0.3) is 0 Å². The van der Waals surface area contributed by atoms with Crippen molar-refractivity contribution >= 4 is 0 Å². The van der Waals surface area contributed by atoms with Gasteiger partial charge >= 0.3 is 0 Å². The molecule has 0 aromatic rings. The standard InChI is InChI=1S/C7H14F2O/c1-3-4-5-7(8,9)6-10-2/h3-6H2,1-2H3. The molecule has 0 aliphatic carbocycles. The maximum atomic E-state index is 12.5. The third-order valence-electron chi connectivity index (χ3n) is 1.25. The molecule has 0 aliphatic heterocycles. The number of hydrogen-bond donors (Lipinski definition) is 0. The van der Waals surface area contributed by atoms with Gasteiger partial charge in [0, 0.05) is 13.5 Å². The Morgan fingerprint density at radius 2 is 2.00 bits per heavy atom. The van der Waals surface area contributed by atoms with E-state index < -0.39 is 12.5 Å². The molecule has 62 valence electrons.